The monoisotopic (exact) mass is 458 g/mol. The summed E-state index contributed by atoms with van der Waals surface area (Å²) >= 11 is 0. The van der Waals surface area contributed by atoms with Crippen LogP contribution in [0.25, 0.3) is 0 Å². The lowest BCUT2D eigenvalue weighted by Crippen LogP contribution is -2.42. The molecule has 2 aliphatic heterocycles. The molecule has 0 N–H and O–H groups in total. The van der Waals surface area contributed by atoms with Gasteiger partial charge in [0.2, 0.25) is 10.0 Å². The van der Waals surface area contributed by atoms with Gasteiger partial charge >= 0.3 is 5.97 Å². The highest BCUT2D eigenvalue weighted by Crippen LogP contribution is 2.27. The van der Waals surface area contributed by atoms with Gasteiger partial charge in [0.05, 0.1) is 23.7 Å². The van der Waals surface area contributed by atoms with Gasteiger partial charge in [-0.2, -0.15) is 4.31 Å². The molecule has 170 valence electrons. The van der Waals surface area contributed by atoms with Crippen molar-refractivity contribution in [2.24, 2.45) is 0 Å². The number of ether oxygens (including phenoxy) is 2. The number of hydrogen-bond acceptors (Lipinski definition) is 6. The molecule has 1 unspecified atom stereocenters. The standard InChI is InChI=1S/C23H26N2O6S/c1-17(22(26)25-11-5-8-18-6-2-3-10-21(18)25)31-23(27)19-7-4-9-20(16-19)32(28,29)24-12-14-30-15-13-24/h2-4,6-7,9-10,16-17H,5,8,11-15H2,1H3. The van der Waals surface area contributed by atoms with E-state index < -0.39 is 22.1 Å². The SMILES string of the molecule is CC(OC(=O)c1cccc(S(=O)(=O)N2CCOCC2)c1)C(=O)N1CCCc2ccccc21. The topological polar surface area (TPSA) is 93.2 Å². The zero-order valence-electron chi connectivity index (χ0n) is 17.9. The predicted molar refractivity (Wildman–Crippen MR) is 118 cm³/mol. The van der Waals surface area contributed by atoms with Crippen LogP contribution in [0.5, 0.6) is 0 Å². The molecular formula is C23H26N2O6S. The number of benzene rings is 2. The van der Waals surface area contributed by atoms with E-state index in [0.717, 1.165) is 24.1 Å². The van der Waals surface area contributed by atoms with Gasteiger partial charge in [-0.25, -0.2) is 13.2 Å². The van der Waals surface area contributed by atoms with Gasteiger partial charge in [-0.15, -0.1) is 0 Å². The van der Waals surface area contributed by atoms with Crippen molar-refractivity contribution in [2.75, 3.05) is 37.7 Å². The van der Waals surface area contributed by atoms with Gasteiger partial charge in [0, 0.05) is 25.3 Å². The molecule has 9 heteroatoms. The summed E-state index contributed by atoms with van der Waals surface area (Å²) in [6.07, 6.45) is 0.733. The molecule has 1 amide bonds. The highest BCUT2D eigenvalue weighted by atomic mass is 32.2. The summed E-state index contributed by atoms with van der Waals surface area (Å²) in [6, 6.07) is 13.4. The zero-order chi connectivity index (χ0) is 22.7. The van der Waals surface area contributed by atoms with Gasteiger partial charge < -0.3 is 14.4 Å². The molecule has 32 heavy (non-hydrogen) atoms. The predicted octanol–water partition coefficient (Wildman–Crippen LogP) is 2.23. The first-order valence-corrected chi connectivity index (χ1v) is 12.1. The number of hydrogen-bond donors (Lipinski definition) is 0. The van der Waals surface area contributed by atoms with Crippen molar-refractivity contribution in [3.63, 3.8) is 0 Å². The summed E-state index contributed by atoms with van der Waals surface area (Å²) in [4.78, 5) is 27.4. The van der Waals surface area contributed by atoms with Crippen LogP contribution in [0, 0.1) is 0 Å². The number of carbonyl (C=O) groups excluding carboxylic acids is 2. The molecule has 1 atom stereocenters. The van der Waals surface area contributed by atoms with E-state index in [2.05, 4.69) is 0 Å². The lowest BCUT2D eigenvalue weighted by Gasteiger charge is -2.31. The first-order chi connectivity index (χ1) is 15.4. The molecule has 0 aromatic heterocycles. The molecule has 4 rings (SSSR count). The average Bonchev–Trinajstić information content (AvgIpc) is 2.83. The van der Waals surface area contributed by atoms with Crippen LogP contribution in [0.1, 0.15) is 29.3 Å². The molecule has 0 spiro atoms. The maximum Gasteiger partial charge on any atom is 0.338 e. The van der Waals surface area contributed by atoms with E-state index in [0.29, 0.717) is 19.8 Å². The molecule has 0 bridgehead atoms. The molecule has 0 radical (unpaired) electrons. The number of nitrogens with zero attached hydrogens (tertiary/aromatic N) is 2. The molecule has 1 fully saturated rings. The van der Waals surface area contributed by atoms with Crippen LogP contribution in [0.2, 0.25) is 0 Å². The lowest BCUT2D eigenvalue weighted by atomic mass is 10.0. The number of esters is 1. The molecule has 0 aliphatic carbocycles. The maximum absolute atomic E-state index is 13.0. The minimum Gasteiger partial charge on any atom is -0.449 e. The average molecular weight is 459 g/mol. The third kappa shape index (κ3) is 4.55. The van der Waals surface area contributed by atoms with Crippen molar-refractivity contribution in [1.82, 2.24) is 4.31 Å². The van der Waals surface area contributed by atoms with Crippen LogP contribution in [-0.4, -0.2) is 63.6 Å². The molecule has 2 aromatic rings. The van der Waals surface area contributed by atoms with Gasteiger partial charge in [-0.1, -0.05) is 24.3 Å². The zero-order valence-corrected chi connectivity index (χ0v) is 18.7. The van der Waals surface area contributed by atoms with Crippen LogP contribution in [0.15, 0.2) is 53.4 Å². The fourth-order valence-electron chi connectivity index (χ4n) is 3.98. The van der Waals surface area contributed by atoms with Crippen LogP contribution in [-0.2, 0) is 30.7 Å². The fourth-order valence-corrected chi connectivity index (χ4v) is 5.43. The molecule has 1 saturated heterocycles. The highest BCUT2D eigenvalue weighted by Gasteiger charge is 2.30. The van der Waals surface area contributed by atoms with Crippen LogP contribution in [0.4, 0.5) is 5.69 Å². The Labute approximate surface area is 187 Å². The summed E-state index contributed by atoms with van der Waals surface area (Å²) in [7, 11) is -3.74. The van der Waals surface area contributed by atoms with E-state index in [1.54, 1.807) is 4.90 Å². The number of fused-ring (bicyclic) bond motifs is 1. The number of para-hydroxylation sites is 1. The summed E-state index contributed by atoms with van der Waals surface area (Å²) in [5.41, 5.74) is 2.01. The fraction of sp³-hybridized carbons (Fsp3) is 0.391. The Morgan fingerprint density at radius 1 is 1.03 bits per heavy atom. The summed E-state index contributed by atoms with van der Waals surface area (Å²) in [5, 5.41) is 0. The van der Waals surface area contributed by atoms with Gasteiger partial charge in [0.1, 0.15) is 0 Å². The molecule has 2 aromatic carbocycles. The first-order valence-electron chi connectivity index (χ1n) is 10.7. The first kappa shape index (κ1) is 22.4. The second kappa shape index (κ2) is 9.40. The van der Waals surface area contributed by atoms with Crippen LogP contribution in [0.3, 0.4) is 0 Å². The lowest BCUT2D eigenvalue weighted by molar-refractivity contribution is -0.126. The van der Waals surface area contributed by atoms with Crippen molar-refractivity contribution >= 4 is 27.6 Å². The van der Waals surface area contributed by atoms with E-state index in [-0.39, 0.29) is 29.5 Å². The van der Waals surface area contributed by atoms with E-state index in [1.807, 2.05) is 24.3 Å². The van der Waals surface area contributed by atoms with E-state index >= 15 is 0 Å². The Kier molecular flexibility index (Phi) is 6.59. The van der Waals surface area contributed by atoms with Crippen molar-refractivity contribution in [3.05, 3.63) is 59.7 Å². The molecular weight excluding hydrogens is 432 g/mol. The number of aryl methyl sites for hydroxylation is 1. The van der Waals surface area contributed by atoms with E-state index in [4.69, 9.17) is 9.47 Å². The number of amides is 1. The molecule has 2 aliphatic rings. The number of rotatable bonds is 5. The second-order valence-corrected chi connectivity index (χ2v) is 9.75. The Morgan fingerprint density at radius 2 is 1.78 bits per heavy atom. The summed E-state index contributed by atoms with van der Waals surface area (Å²) in [5.74, 6) is -1.04. The van der Waals surface area contributed by atoms with Gasteiger partial charge in [0.25, 0.3) is 5.91 Å². The number of anilines is 1. The highest BCUT2D eigenvalue weighted by molar-refractivity contribution is 7.89. The van der Waals surface area contributed by atoms with Crippen LogP contribution >= 0.6 is 0 Å². The largest absolute Gasteiger partial charge is 0.449 e. The summed E-state index contributed by atoms with van der Waals surface area (Å²) in [6.45, 7) is 3.29. The minimum atomic E-state index is -3.74. The number of morpholine rings is 1. The van der Waals surface area contributed by atoms with Crippen molar-refractivity contribution in [2.45, 2.75) is 30.8 Å². The Morgan fingerprint density at radius 3 is 2.56 bits per heavy atom. The smallest absolute Gasteiger partial charge is 0.338 e. The van der Waals surface area contributed by atoms with Gasteiger partial charge in [0.15, 0.2) is 6.10 Å². The van der Waals surface area contributed by atoms with Gasteiger partial charge in [-0.3, -0.25) is 4.79 Å². The van der Waals surface area contributed by atoms with E-state index in [1.165, 1.54) is 35.5 Å². The third-order valence-corrected chi connectivity index (χ3v) is 7.58. The number of carbonyl (C=O) groups is 2. The normalized spacial score (nSPS) is 18.0. The number of sulfonamides is 1. The third-order valence-electron chi connectivity index (χ3n) is 5.69. The Hall–Kier alpha value is -2.75. The molecule has 0 saturated carbocycles. The van der Waals surface area contributed by atoms with Crippen molar-refractivity contribution in [3.8, 4) is 0 Å². The van der Waals surface area contributed by atoms with Crippen molar-refractivity contribution < 1.29 is 27.5 Å². The Balaban J connectivity index is 1.47. The second-order valence-electron chi connectivity index (χ2n) is 7.81. The maximum atomic E-state index is 13.0. The van der Waals surface area contributed by atoms with Gasteiger partial charge in [-0.05, 0) is 49.6 Å². The molecule has 2 heterocycles. The van der Waals surface area contributed by atoms with E-state index in [9.17, 15) is 18.0 Å². The minimum absolute atomic E-state index is 0.0118. The quantitative estimate of drug-likeness (QED) is 0.638. The van der Waals surface area contributed by atoms with Crippen LogP contribution < -0.4 is 4.90 Å². The molecule has 8 nitrogen and oxygen atoms in total. The Bertz CT molecular complexity index is 1110. The van der Waals surface area contributed by atoms with Crippen molar-refractivity contribution in [1.29, 1.82) is 0 Å². The summed E-state index contributed by atoms with van der Waals surface area (Å²) < 4.78 is 37.7.